The van der Waals surface area contributed by atoms with Crippen molar-refractivity contribution < 1.29 is 0 Å². The van der Waals surface area contributed by atoms with Crippen molar-refractivity contribution >= 4 is 21.8 Å². The van der Waals surface area contributed by atoms with Gasteiger partial charge in [0.05, 0.1) is 51.1 Å². The third-order valence-corrected chi connectivity index (χ3v) is 12.0. The monoisotopic (exact) mass is 832 g/mol. The molecule has 0 aliphatic heterocycles. The maximum absolute atomic E-state index is 11.0. The first kappa shape index (κ1) is 39.1. The number of aryl methyl sites for hydroxylation is 2. The van der Waals surface area contributed by atoms with Crippen molar-refractivity contribution in [3.05, 3.63) is 223 Å². The standard InChI is InChI=1S/C59H40N6/c1-38-27-29-46(39(2)31-38)45-28-30-48-47-25-15-16-26-55(47)65(56(48)34-45)57-49(54-36-53(43-21-11-5-12-22-43)61-58(64-54)44-23-13-6-14-24-44)32-40(37-60)33-50(57)59-62-51(41-17-7-3-8-18-41)35-52(63-59)42-19-9-4-10-20-42/h3-36H,1-2H3. The fourth-order valence-corrected chi connectivity index (χ4v) is 8.96. The second kappa shape index (κ2) is 16.5. The Morgan fingerprint density at radius 1 is 0.385 bits per heavy atom. The molecule has 0 fully saturated rings. The van der Waals surface area contributed by atoms with Crippen molar-refractivity contribution in [2.24, 2.45) is 0 Å². The Balaban J connectivity index is 1.30. The Labute approximate surface area is 377 Å². The molecule has 0 bridgehead atoms. The summed E-state index contributed by atoms with van der Waals surface area (Å²) in [4.78, 5) is 21.3. The minimum absolute atomic E-state index is 0.451. The summed E-state index contributed by atoms with van der Waals surface area (Å²) in [5.74, 6) is 1.06. The van der Waals surface area contributed by atoms with Crippen LogP contribution < -0.4 is 0 Å². The maximum Gasteiger partial charge on any atom is 0.162 e. The van der Waals surface area contributed by atoms with E-state index in [1.165, 1.54) is 11.1 Å². The number of fused-ring (bicyclic) bond motifs is 3. The first-order valence-corrected chi connectivity index (χ1v) is 21.7. The van der Waals surface area contributed by atoms with Gasteiger partial charge in [0.25, 0.3) is 0 Å². The van der Waals surface area contributed by atoms with Crippen LogP contribution in [0.4, 0.5) is 0 Å². The van der Waals surface area contributed by atoms with Crippen LogP contribution in [-0.4, -0.2) is 24.5 Å². The molecule has 0 aliphatic rings. The lowest BCUT2D eigenvalue weighted by atomic mass is 9.96. The summed E-state index contributed by atoms with van der Waals surface area (Å²) in [6.07, 6.45) is 0. The molecule has 0 atom stereocenters. The predicted molar refractivity (Wildman–Crippen MR) is 264 cm³/mol. The summed E-state index contributed by atoms with van der Waals surface area (Å²) >= 11 is 0. The highest BCUT2D eigenvalue weighted by Crippen LogP contribution is 2.44. The van der Waals surface area contributed by atoms with E-state index < -0.39 is 0 Å². The average molecular weight is 833 g/mol. The molecule has 0 amide bonds. The quantitative estimate of drug-likeness (QED) is 0.152. The molecule has 0 saturated carbocycles. The van der Waals surface area contributed by atoms with Gasteiger partial charge in [-0.15, -0.1) is 0 Å². The molecule has 0 unspecified atom stereocenters. The molecule has 0 radical (unpaired) electrons. The number of nitrogens with zero attached hydrogens (tertiary/aromatic N) is 6. The zero-order chi connectivity index (χ0) is 43.9. The molecule has 0 spiro atoms. The zero-order valence-electron chi connectivity index (χ0n) is 35.8. The molecule has 6 nitrogen and oxygen atoms in total. The summed E-state index contributed by atoms with van der Waals surface area (Å²) in [6, 6.07) is 73.0. The van der Waals surface area contributed by atoms with Gasteiger partial charge in [0, 0.05) is 44.2 Å². The largest absolute Gasteiger partial charge is 0.308 e. The molecule has 0 saturated heterocycles. The summed E-state index contributed by atoms with van der Waals surface area (Å²) < 4.78 is 2.33. The van der Waals surface area contributed by atoms with Gasteiger partial charge in [-0.05, 0) is 66.9 Å². The fourth-order valence-electron chi connectivity index (χ4n) is 8.96. The minimum atomic E-state index is 0.451. The number of para-hydroxylation sites is 1. The van der Waals surface area contributed by atoms with Crippen LogP contribution in [0.3, 0.4) is 0 Å². The molecular weight excluding hydrogens is 793 g/mol. The summed E-state index contributed by atoms with van der Waals surface area (Å²) in [7, 11) is 0. The lowest BCUT2D eigenvalue weighted by Gasteiger charge is -2.20. The van der Waals surface area contributed by atoms with Gasteiger partial charge in [-0.3, -0.25) is 0 Å². The average Bonchev–Trinajstić information content (AvgIpc) is 3.70. The number of aromatic nitrogens is 5. The Bertz CT molecular complexity index is 3350. The van der Waals surface area contributed by atoms with Crippen molar-refractivity contribution in [3.8, 4) is 90.7 Å². The molecule has 11 rings (SSSR count). The SMILES string of the molecule is Cc1ccc(-c2ccc3c4ccccc4n(-c4c(-c5cc(-c6ccccc6)nc(-c6ccccc6)n5)cc(C#N)cc4-c4nc(-c5ccccc5)cc(-c5ccccc5)n4)c3c2)c(C)c1. The Morgan fingerprint density at radius 3 is 1.49 bits per heavy atom. The third kappa shape index (κ3) is 7.31. The lowest BCUT2D eigenvalue weighted by molar-refractivity contribution is 1.13. The van der Waals surface area contributed by atoms with E-state index in [4.69, 9.17) is 19.9 Å². The summed E-state index contributed by atoms with van der Waals surface area (Å²) in [5.41, 5.74) is 16.1. The zero-order valence-corrected chi connectivity index (χ0v) is 35.8. The topological polar surface area (TPSA) is 80.3 Å². The van der Waals surface area contributed by atoms with E-state index in [1.807, 2.05) is 109 Å². The van der Waals surface area contributed by atoms with Crippen LogP contribution in [0.5, 0.6) is 0 Å². The van der Waals surface area contributed by atoms with Crippen molar-refractivity contribution in [2.75, 3.05) is 0 Å². The number of hydrogen-bond acceptors (Lipinski definition) is 5. The smallest absolute Gasteiger partial charge is 0.162 e. The Kier molecular flexibility index (Phi) is 9.91. The molecule has 3 heterocycles. The first-order valence-electron chi connectivity index (χ1n) is 21.7. The highest BCUT2D eigenvalue weighted by atomic mass is 15.0. The first-order chi connectivity index (χ1) is 32.0. The Hall–Kier alpha value is -8.79. The molecule has 0 N–H and O–H groups in total. The number of benzene rings is 8. The van der Waals surface area contributed by atoms with Gasteiger partial charge in [0.1, 0.15) is 0 Å². The molecule has 0 aliphatic carbocycles. The molecule has 11 aromatic rings. The molecule has 6 heteroatoms. The minimum Gasteiger partial charge on any atom is -0.308 e. The number of hydrogen-bond donors (Lipinski definition) is 0. The Morgan fingerprint density at radius 2 is 0.892 bits per heavy atom. The van der Waals surface area contributed by atoms with E-state index in [9.17, 15) is 5.26 Å². The van der Waals surface area contributed by atoms with Gasteiger partial charge in [0.2, 0.25) is 0 Å². The van der Waals surface area contributed by atoms with Crippen LogP contribution >= 0.6 is 0 Å². The van der Waals surface area contributed by atoms with Gasteiger partial charge >= 0.3 is 0 Å². The van der Waals surface area contributed by atoms with Crippen molar-refractivity contribution in [1.29, 1.82) is 5.26 Å². The van der Waals surface area contributed by atoms with E-state index in [1.54, 1.807) is 0 Å². The van der Waals surface area contributed by atoms with Crippen molar-refractivity contribution in [2.45, 2.75) is 13.8 Å². The number of nitriles is 1. The van der Waals surface area contributed by atoms with Gasteiger partial charge < -0.3 is 4.57 Å². The van der Waals surface area contributed by atoms with E-state index in [-0.39, 0.29) is 0 Å². The van der Waals surface area contributed by atoms with Crippen LogP contribution in [0.2, 0.25) is 0 Å². The van der Waals surface area contributed by atoms with Crippen molar-refractivity contribution in [3.63, 3.8) is 0 Å². The van der Waals surface area contributed by atoms with Crippen LogP contribution in [0.15, 0.2) is 206 Å². The fraction of sp³-hybridized carbons (Fsp3) is 0.0339. The molecule has 3 aromatic heterocycles. The number of rotatable bonds is 8. The van der Waals surface area contributed by atoms with Crippen LogP contribution in [0.1, 0.15) is 16.7 Å². The second-order valence-corrected chi connectivity index (χ2v) is 16.3. The maximum atomic E-state index is 11.0. The second-order valence-electron chi connectivity index (χ2n) is 16.3. The van der Waals surface area contributed by atoms with Crippen LogP contribution in [0, 0.1) is 25.2 Å². The highest BCUT2D eigenvalue weighted by Gasteiger charge is 2.25. The van der Waals surface area contributed by atoms with E-state index in [0.717, 1.165) is 83.5 Å². The van der Waals surface area contributed by atoms with Crippen LogP contribution in [-0.2, 0) is 0 Å². The molecular formula is C59H40N6. The van der Waals surface area contributed by atoms with Gasteiger partial charge in [-0.25, -0.2) is 19.9 Å². The van der Waals surface area contributed by atoms with Gasteiger partial charge in [-0.2, -0.15) is 5.26 Å². The summed E-state index contributed by atoms with van der Waals surface area (Å²) in [6.45, 7) is 4.30. The van der Waals surface area contributed by atoms with E-state index in [0.29, 0.717) is 28.5 Å². The van der Waals surface area contributed by atoms with Crippen molar-refractivity contribution in [1.82, 2.24) is 24.5 Å². The molecule has 65 heavy (non-hydrogen) atoms. The predicted octanol–water partition coefficient (Wildman–Crippen LogP) is 14.5. The van der Waals surface area contributed by atoms with E-state index in [2.05, 4.69) is 122 Å². The normalized spacial score (nSPS) is 11.2. The lowest BCUT2D eigenvalue weighted by Crippen LogP contribution is -2.06. The third-order valence-electron chi connectivity index (χ3n) is 12.0. The summed E-state index contributed by atoms with van der Waals surface area (Å²) in [5, 5.41) is 13.1. The molecule has 306 valence electrons. The van der Waals surface area contributed by atoms with Gasteiger partial charge in [-0.1, -0.05) is 175 Å². The van der Waals surface area contributed by atoms with Crippen LogP contribution in [0.25, 0.3) is 106 Å². The van der Waals surface area contributed by atoms with Gasteiger partial charge in [0.15, 0.2) is 11.6 Å². The highest BCUT2D eigenvalue weighted by molar-refractivity contribution is 6.11. The molecule has 8 aromatic carbocycles. The van der Waals surface area contributed by atoms with E-state index >= 15 is 0 Å².